The predicted molar refractivity (Wildman–Crippen MR) is 88.4 cm³/mol. The summed E-state index contributed by atoms with van der Waals surface area (Å²) in [5, 5.41) is 3.47. The predicted octanol–water partition coefficient (Wildman–Crippen LogP) is 3.37. The highest BCUT2D eigenvalue weighted by Crippen LogP contribution is 2.35. The molecule has 1 aromatic heterocycles. The maximum absolute atomic E-state index is 5.52. The molecule has 0 aliphatic carbocycles. The van der Waals surface area contributed by atoms with E-state index in [1.54, 1.807) is 20.4 Å². The summed E-state index contributed by atoms with van der Waals surface area (Å²) in [5.74, 6) is 2.33. The van der Waals surface area contributed by atoms with Gasteiger partial charge in [-0.2, -0.15) is 0 Å². The maximum Gasteiger partial charge on any atom is 0.165 e. The highest BCUT2D eigenvalue weighted by Gasteiger charge is 2.14. The van der Waals surface area contributed by atoms with Crippen LogP contribution in [0.15, 0.2) is 24.5 Å². The molecule has 2 N–H and O–H groups in total. The van der Waals surface area contributed by atoms with Gasteiger partial charge in [0.05, 0.1) is 14.2 Å². The van der Waals surface area contributed by atoms with E-state index >= 15 is 0 Å². The molecular formula is C17H25N3O2. The van der Waals surface area contributed by atoms with Crippen molar-refractivity contribution >= 4 is 0 Å². The number of H-pyrrole nitrogens is 1. The number of aromatic nitrogens is 2. The molecule has 22 heavy (non-hydrogen) atoms. The summed E-state index contributed by atoms with van der Waals surface area (Å²) in [6.07, 6.45) is 7.23. The van der Waals surface area contributed by atoms with E-state index in [4.69, 9.17) is 9.47 Å². The van der Waals surface area contributed by atoms with Gasteiger partial charge in [-0.05, 0) is 25.1 Å². The number of benzene rings is 1. The summed E-state index contributed by atoms with van der Waals surface area (Å²) >= 11 is 0. The Morgan fingerprint density at radius 2 is 2.05 bits per heavy atom. The number of hydrogen-bond acceptors (Lipinski definition) is 4. The molecule has 1 heterocycles. The van der Waals surface area contributed by atoms with Gasteiger partial charge in [-0.25, -0.2) is 4.98 Å². The molecule has 120 valence electrons. The number of imidazole rings is 1. The van der Waals surface area contributed by atoms with Crippen molar-refractivity contribution in [1.29, 1.82) is 0 Å². The molecule has 0 aliphatic heterocycles. The Balaban J connectivity index is 2.19. The highest BCUT2D eigenvalue weighted by atomic mass is 16.5. The van der Waals surface area contributed by atoms with Crippen molar-refractivity contribution in [1.82, 2.24) is 15.3 Å². The monoisotopic (exact) mass is 303 g/mol. The topological polar surface area (TPSA) is 59.2 Å². The standard InChI is InChI=1S/C17H25N3O2/c1-4-5-6-7-18-12-14-10-13(17-19-8-9-20-17)11-15(21-2)16(14)22-3/h8-11,18H,4-7,12H2,1-3H3,(H,19,20). The zero-order valence-electron chi connectivity index (χ0n) is 13.6. The molecule has 0 bridgehead atoms. The molecule has 0 fully saturated rings. The Morgan fingerprint density at radius 1 is 1.18 bits per heavy atom. The molecule has 0 unspecified atom stereocenters. The lowest BCUT2D eigenvalue weighted by Crippen LogP contribution is -2.15. The van der Waals surface area contributed by atoms with Gasteiger partial charge in [0.2, 0.25) is 0 Å². The number of rotatable bonds is 9. The normalized spacial score (nSPS) is 10.7. The summed E-state index contributed by atoms with van der Waals surface area (Å²) in [6.45, 7) is 3.96. The van der Waals surface area contributed by atoms with Gasteiger partial charge in [0, 0.05) is 30.1 Å². The molecule has 0 amide bonds. The van der Waals surface area contributed by atoms with Gasteiger partial charge >= 0.3 is 0 Å². The van der Waals surface area contributed by atoms with Crippen LogP contribution in [-0.2, 0) is 6.54 Å². The third-order valence-corrected chi connectivity index (χ3v) is 3.60. The third-order valence-electron chi connectivity index (χ3n) is 3.60. The lowest BCUT2D eigenvalue weighted by molar-refractivity contribution is 0.351. The molecule has 0 saturated heterocycles. The number of aromatic amines is 1. The summed E-state index contributed by atoms with van der Waals surface area (Å²) in [6, 6.07) is 4.03. The molecule has 0 spiro atoms. The fourth-order valence-electron chi connectivity index (χ4n) is 2.46. The van der Waals surface area contributed by atoms with Crippen molar-refractivity contribution in [2.45, 2.75) is 32.7 Å². The van der Waals surface area contributed by atoms with Crippen LogP contribution in [0.5, 0.6) is 11.5 Å². The van der Waals surface area contributed by atoms with Crippen LogP contribution in [0.3, 0.4) is 0 Å². The first-order valence-electron chi connectivity index (χ1n) is 7.75. The molecular weight excluding hydrogens is 278 g/mol. The van der Waals surface area contributed by atoms with Crippen molar-refractivity contribution in [3.8, 4) is 22.9 Å². The first kappa shape index (κ1) is 16.4. The SMILES string of the molecule is CCCCCNCc1cc(-c2ncc[nH]2)cc(OC)c1OC. The Bertz CT molecular complexity index is 568. The van der Waals surface area contributed by atoms with E-state index < -0.39 is 0 Å². The van der Waals surface area contributed by atoms with Crippen LogP contribution in [0, 0.1) is 0 Å². The fourth-order valence-corrected chi connectivity index (χ4v) is 2.46. The van der Waals surface area contributed by atoms with E-state index in [9.17, 15) is 0 Å². The smallest absolute Gasteiger partial charge is 0.165 e. The minimum atomic E-state index is 0.724. The molecule has 0 aliphatic rings. The zero-order valence-corrected chi connectivity index (χ0v) is 13.6. The molecule has 0 radical (unpaired) electrons. The molecule has 5 nitrogen and oxygen atoms in total. The van der Waals surface area contributed by atoms with Crippen LogP contribution in [-0.4, -0.2) is 30.7 Å². The van der Waals surface area contributed by atoms with Gasteiger partial charge in [-0.1, -0.05) is 19.8 Å². The Hall–Kier alpha value is -2.01. The van der Waals surface area contributed by atoms with Gasteiger partial charge in [-0.15, -0.1) is 0 Å². The fraction of sp³-hybridized carbons (Fsp3) is 0.471. The average Bonchev–Trinajstić information content (AvgIpc) is 3.08. The van der Waals surface area contributed by atoms with Gasteiger partial charge < -0.3 is 19.8 Å². The quantitative estimate of drug-likeness (QED) is 0.697. The first-order valence-corrected chi connectivity index (χ1v) is 7.75. The van der Waals surface area contributed by atoms with E-state index in [2.05, 4.69) is 28.3 Å². The van der Waals surface area contributed by atoms with Crippen molar-refractivity contribution in [3.63, 3.8) is 0 Å². The van der Waals surface area contributed by atoms with Crippen molar-refractivity contribution < 1.29 is 9.47 Å². The second-order valence-electron chi connectivity index (χ2n) is 5.19. The Kier molecular flexibility index (Phi) is 6.27. The number of nitrogens with zero attached hydrogens (tertiary/aromatic N) is 1. The lowest BCUT2D eigenvalue weighted by atomic mass is 10.1. The van der Waals surface area contributed by atoms with E-state index in [0.717, 1.165) is 41.5 Å². The number of unbranched alkanes of at least 4 members (excludes halogenated alkanes) is 2. The van der Waals surface area contributed by atoms with Crippen molar-refractivity contribution in [2.24, 2.45) is 0 Å². The molecule has 2 rings (SSSR count). The first-order chi connectivity index (χ1) is 10.8. The summed E-state index contributed by atoms with van der Waals surface area (Å²) in [5.41, 5.74) is 2.07. The lowest BCUT2D eigenvalue weighted by Gasteiger charge is -2.15. The number of nitrogens with one attached hydrogen (secondary N) is 2. The summed E-state index contributed by atoms with van der Waals surface area (Å²) < 4.78 is 11.0. The molecule has 5 heteroatoms. The van der Waals surface area contributed by atoms with Gasteiger partial charge in [0.25, 0.3) is 0 Å². The second-order valence-corrected chi connectivity index (χ2v) is 5.19. The largest absolute Gasteiger partial charge is 0.493 e. The number of ether oxygens (including phenoxy) is 2. The van der Waals surface area contributed by atoms with Crippen LogP contribution < -0.4 is 14.8 Å². The molecule has 1 aromatic carbocycles. The molecule has 2 aromatic rings. The minimum absolute atomic E-state index is 0.724. The van der Waals surface area contributed by atoms with Crippen LogP contribution in [0.4, 0.5) is 0 Å². The highest BCUT2D eigenvalue weighted by molar-refractivity contribution is 5.64. The van der Waals surface area contributed by atoms with Crippen molar-refractivity contribution in [2.75, 3.05) is 20.8 Å². The van der Waals surface area contributed by atoms with Crippen LogP contribution in [0.25, 0.3) is 11.4 Å². The third kappa shape index (κ3) is 4.01. The van der Waals surface area contributed by atoms with Gasteiger partial charge in [-0.3, -0.25) is 0 Å². The van der Waals surface area contributed by atoms with E-state index in [1.807, 2.05) is 12.3 Å². The molecule has 0 saturated carbocycles. The van der Waals surface area contributed by atoms with E-state index in [1.165, 1.54) is 19.3 Å². The number of methoxy groups -OCH3 is 2. The maximum atomic E-state index is 5.52. The summed E-state index contributed by atoms with van der Waals surface area (Å²) in [4.78, 5) is 7.43. The summed E-state index contributed by atoms with van der Waals surface area (Å²) in [7, 11) is 3.33. The minimum Gasteiger partial charge on any atom is -0.493 e. The van der Waals surface area contributed by atoms with Gasteiger partial charge in [0.15, 0.2) is 11.5 Å². The van der Waals surface area contributed by atoms with Crippen molar-refractivity contribution in [3.05, 3.63) is 30.1 Å². The Labute approximate surface area is 132 Å². The van der Waals surface area contributed by atoms with E-state index in [0.29, 0.717) is 0 Å². The second kappa shape index (κ2) is 8.44. The number of hydrogen-bond donors (Lipinski definition) is 2. The zero-order chi connectivity index (χ0) is 15.8. The van der Waals surface area contributed by atoms with Crippen LogP contribution in [0.1, 0.15) is 31.7 Å². The van der Waals surface area contributed by atoms with Gasteiger partial charge in [0.1, 0.15) is 5.82 Å². The van der Waals surface area contributed by atoms with E-state index in [-0.39, 0.29) is 0 Å². The van der Waals surface area contributed by atoms with Crippen LogP contribution >= 0.6 is 0 Å². The average molecular weight is 303 g/mol. The van der Waals surface area contributed by atoms with Crippen LogP contribution in [0.2, 0.25) is 0 Å². The molecule has 0 atom stereocenters. The Morgan fingerprint density at radius 3 is 2.68 bits per heavy atom.